The number of benzene rings is 1. The second kappa shape index (κ2) is 9.74. The summed E-state index contributed by atoms with van der Waals surface area (Å²) in [5.41, 5.74) is 2.21. The smallest absolute Gasteiger partial charge is 0.181 e. The third-order valence-electron chi connectivity index (χ3n) is 3.50. The molecule has 4 nitrogen and oxygen atoms in total. The molecule has 0 aliphatic carbocycles. The van der Waals surface area contributed by atoms with Crippen LogP contribution in [0.15, 0.2) is 49.1 Å². The summed E-state index contributed by atoms with van der Waals surface area (Å²) in [4.78, 5) is 15.7. The summed E-state index contributed by atoms with van der Waals surface area (Å²) in [6.07, 6.45) is 12.3. The van der Waals surface area contributed by atoms with E-state index in [1.807, 2.05) is 29.0 Å². The summed E-state index contributed by atoms with van der Waals surface area (Å²) < 4.78 is 7.37. The average molecular weight is 312 g/mol. The van der Waals surface area contributed by atoms with Crippen LogP contribution in [0.2, 0.25) is 0 Å². The van der Waals surface area contributed by atoms with Gasteiger partial charge in [0.1, 0.15) is 6.61 Å². The fraction of sp³-hybridized carbons (Fsp3) is 0.368. The van der Waals surface area contributed by atoms with E-state index >= 15 is 0 Å². The lowest BCUT2D eigenvalue weighted by molar-refractivity contribution is -0.118. The van der Waals surface area contributed by atoms with Crippen molar-refractivity contribution >= 4 is 11.9 Å². The van der Waals surface area contributed by atoms with Crippen molar-refractivity contribution in [3.63, 3.8) is 0 Å². The number of rotatable bonds is 10. The molecule has 0 radical (unpaired) electrons. The van der Waals surface area contributed by atoms with Crippen molar-refractivity contribution in [3.05, 3.63) is 60.2 Å². The maximum Gasteiger partial charge on any atom is 0.181 e. The number of carbonyl (C=O) groups is 1. The van der Waals surface area contributed by atoms with Crippen LogP contribution in [0, 0.1) is 0 Å². The zero-order valence-corrected chi connectivity index (χ0v) is 13.6. The molecule has 0 amide bonds. The Morgan fingerprint density at radius 3 is 2.78 bits per heavy atom. The molecule has 0 aliphatic rings. The fourth-order valence-corrected chi connectivity index (χ4v) is 2.19. The molecule has 2 aromatic rings. The molecule has 122 valence electrons. The van der Waals surface area contributed by atoms with E-state index in [1.165, 1.54) is 5.56 Å². The second-order valence-corrected chi connectivity index (χ2v) is 5.54. The van der Waals surface area contributed by atoms with Gasteiger partial charge in [0.15, 0.2) is 5.78 Å². The summed E-state index contributed by atoms with van der Waals surface area (Å²) in [6, 6.07) is 8.15. The average Bonchev–Trinajstić information content (AvgIpc) is 3.07. The van der Waals surface area contributed by atoms with E-state index in [0.717, 1.165) is 31.4 Å². The highest BCUT2D eigenvalue weighted by atomic mass is 16.5. The van der Waals surface area contributed by atoms with E-state index in [1.54, 1.807) is 18.6 Å². The number of aromatic nitrogens is 2. The Morgan fingerprint density at radius 2 is 2.09 bits per heavy atom. The largest absolute Gasteiger partial charge is 0.373 e. The third-order valence-corrected chi connectivity index (χ3v) is 3.50. The standard InChI is InChI=1S/C19H24N2O2/c1-2-3-4-13-23-15-19(22)10-9-17-5-7-18(8-6-17)14-21-12-11-20-16-21/h5-12,16H,2-4,13-15H2,1H3. The monoisotopic (exact) mass is 312 g/mol. The summed E-state index contributed by atoms with van der Waals surface area (Å²) in [5, 5.41) is 0. The predicted octanol–water partition coefficient (Wildman–Crippen LogP) is 3.72. The quantitative estimate of drug-likeness (QED) is 0.496. The number of hydrogen-bond acceptors (Lipinski definition) is 3. The number of hydrogen-bond donors (Lipinski definition) is 0. The van der Waals surface area contributed by atoms with Crippen molar-refractivity contribution in [1.82, 2.24) is 9.55 Å². The van der Waals surface area contributed by atoms with Gasteiger partial charge in [0.05, 0.1) is 6.33 Å². The molecule has 0 saturated carbocycles. The molecule has 0 bridgehead atoms. The molecule has 0 aliphatic heterocycles. The van der Waals surface area contributed by atoms with Gasteiger partial charge in [-0.25, -0.2) is 4.98 Å². The predicted molar refractivity (Wildman–Crippen MR) is 92.2 cm³/mol. The van der Waals surface area contributed by atoms with Crippen LogP contribution in [0.25, 0.3) is 6.08 Å². The first kappa shape index (κ1) is 17.2. The lowest BCUT2D eigenvalue weighted by Crippen LogP contribution is -2.06. The Labute approximate surface area is 137 Å². The van der Waals surface area contributed by atoms with E-state index in [9.17, 15) is 4.79 Å². The van der Waals surface area contributed by atoms with Crippen molar-refractivity contribution in [2.75, 3.05) is 13.2 Å². The van der Waals surface area contributed by atoms with Gasteiger partial charge in [-0.2, -0.15) is 0 Å². The van der Waals surface area contributed by atoms with Gasteiger partial charge in [-0.05, 0) is 23.6 Å². The van der Waals surface area contributed by atoms with Gasteiger partial charge in [0.25, 0.3) is 0 Å². The van der Waals surface area contributed by atoms with Gasteiger partial charge in [-0.15, -0.1) is 0 Å². The lowest BCUT2D eigenvalue weighted by Gasteiger charge is -2.03. The normalized spacial score (nSPS) is 11.2. The number of ether oxygens (including phenoxy) is 1. The molecule has 1 aromatic carbocycles. The fourth-order valence-electron chi connectivity index (χ4n) is 2.19. The van der Waals surface area contributed by atoms with Crippen LogP contribution >= 0.6 is 0 Å². The van der Waals surface area contributed by atoms with Crippen molar-refractivity contribution < 1.29 is 9.53 Å². The molecule has 0 atom stereocenters. The van der Waals surface area contributed by atoms with E-state index in [2.05, 4.69) is 24.0 Å². The Kier molecular flexibility index (Phi) is 7.27. The van der Waals surface area contributed by atoms with Crippen LogP contribution in [0.4, 0.5) is 0 Å². The van der Waals surface area contributed by atoms with Crippen LogP contribution < -0.4 is 0 Å². The second-order valence-electron chi connectivity index (χ2n) is 5.54. The number of unbranched alkanes of at least 4 members (excludes halogenated alkanes) is 2. The summed E-state index contributed by atoms with van der Waals surface area (Å²) >= 11 is 0. The molecule has 1 heterocycles. The van der Waals surface area contributed by atoms with Crippen LogP contribution in [0.5, 0.6) is 0 Å². The van der Waals surface area contributed by atoms with Crippen LogP contribution in [0.1, 0.15) is 37.3 Å². The van der Waals surface area contributed by atoms with Gasteiger partial charge in [-0.1, -0.05) is 50.1 Å². The first-order chi connectivity index (χ1) is 11.3. The Morgan fingerprint density at radius 1 is 1.26 bits per heavy atom. The van der Waals surface area contributed by atoms with Gasteiger partial charge < -0.3 is 9.30 Å². The molecule has 0 fully saturated rings. The number of ketones is 1. The number of nitrogens with zero attached hydrogens (tertiary/aromatic N) is 2. The SMILES string of the molecule is CCCCCOCC(=O)C=Cc1ccc(Cn2ccnc2)cc1. The zero-order chi connectivity index (χ0) is 16.3. The molecule has 4 heteroatoms. The molecule has 0 N–H and O–H groups in total. The first-order valence-corrected chi connectivity index (χ1v) is 8.11. The topological polar surface area (TPSA) is 44.1 Å². The molecule has 0 unspecified atom stereocenters. The number of imidazole rings is 1. The third kappa shape index (κ3) is 6.61. The van der Waals surface area contributed by atoms with E-state index in [-0.39, 0.29) is 12.4 Å². The van der Waals surface area contributed by atoms with Crippen molar-refractivity contribution in [2.45, 2.75) is 32.7 Å². The van der Waals surface area contributed by atoms with Crippen molar-refractivity contribution in [2.24, 2.45) is 0 Å². The molecule has 0 spiro atoms. The molecule has 23 heavy (non-hydrogen) atoms. The highest BCUT2D eigenvalue weighted by Crippen LogP contribution is 2.08. The van der Waals surface area contributed by atoms with E-state index in [0.29, 0.717) is 6.61 Å². The molecule has 2 rings (SSSR count). The summed E-state index contributed by atoms with van der Waals surface area (Å²) in [5.74, 6) is 0.00369. The maximum atomic E-state index is 11.7. The van der Waals surface area contributed by atoms with Crippen molar-refractivity contribution in [3.8, 4) is 0 Å². The molecular formula is C19H24N2O2. The Bertz CT molecular complexity index is 601. The highest BCUT2D eigenvalue weighted by molar-refractivity contribution is 5.94. The zero-order valence-electron chi connectivity index (χ0n) is 13.6. The van der Waals surface area contributed by atoms with Gasteiger partial charge >= 0.3 is 0 Å². The summed E-state index contributed by atoms with van der Waals surface area (Å²) in [6.45, 7) is 3.78. The van der Waals surface area contributed by atoms with Crippen LogP contribution in [-0.4, -0.2) is 28.5 Å². The van der Waals surface area contributed by atoms with Crippen molar-refractivity contribution in [1.29, 1.82) is 0 Å². The van der Waals surface area contributed by atoms with Crippen LogP contribution in [0.3, 0.4) is 0 Å². The van der Waals surface area contributed by atoms with Gasteiger partial charge in [0, 0.05) is 25.5 Å². The lowest BCUT2D eigenvalue weighted by atomic mass is 10.1. The van der Waals surface area contributed by atoms with E-state index in [4.69, 9.17) is 4.74 Å². The highest BCUT2D eigenvalue weighted by Gasteiger charge is 1.98. The van der Waals surface area contributed by atoms with Gasteiger partial charge in [0.2, 0.25) is 0 Å². The first-order valence-electron chi connectivity index (χ1n) is 8.11. The Balaban J connectivity index is 1.75. The molecule has 0 saturated heterocycles. The maximum absolute atomic E-state index is 11.7. The van der Waals surface area contributed by atoms with Crippen LogP contribution in [-0.2, 0) is 16.1 Å². The molecule has 1 aromatic heterocycles. The number of carbonyl (C=O) groups excluding carboxylic acids is 1. The summed E-state index contributed by atoms with van der Waals surface area (Å²) in [7, 11) is 0. The Hall–Kier alpha value is -2.20. The van der Waals surface area contributed by atoms with E-state index < -0.39 is 0 Å². The van der Waals surface area contributed by atoms with Gasteiger partial charge in [-0.3, -0.25) is 4.79 Å². The minimum absolute atomic E-state index is 0.00369. The minimum Gasteiger partial charge on any atom is -0.373 e. The molecular weight excluding hydrogens is 288 g/mol. The minimum atomic E-state index is 0.00369.